The molecule has 5 aliphatic carbocycles. The summed E-state index contributed by atoms with van der Waals surface area (Å²) in [5.74, 6) is 1.86. The van der Waals surface area contributed by atoms with Gasteiger partial charge >= 0.3 is 0 Å². The number of allylic oxidation sites excluding steroid dienone is 4. The Morgan fingerprint density at radius 3 is 2.20 bits per heavy atom. The maximum atomic E-state index is 4.19. The minimum atomic E-state index is 0.114. The van der Waals surface area contributed by atoms with E-state index in [1.54, 1.807) is 0 Å². The molecule has 0 aromatic rings. The average Bonchev–Trinajstić information content (AvgIpc) is 2.22. The Morgan fingerprint density at radius 1 is 1.00 bits per heavy atom. The molecule has 3 atom stereocenters. The van der Waals surface area contributed by atoms with E-state index in [1.807, 2.05) is 0 Å². The van der Waals surface area contributed by atoms with E-state index >= 15 is 0 Å². The molecule has 0 saturated heterocycles. The molecule has 0 aromatic heterocycles. The van der Waals surface area contributed by atoms with E-state index in [2.05, 4.69) is 75.9 Å². The van der Waals surface area contributed by atoms with Crippen LogP contribution in [0.2, 0.25) is 0 Å². The Morgan fingerprint density at radius 2 is 1.65 bits per heavy atom. The highest BCUT2D eigenvalue weighted by Gasteiger charge is 2.63. The largest absolute Gasteiger partial charge is 0.0853 e. The standard InChI is InChI=1S/C16H18Br4/c17-12-2-13(18)8-16(20,7-12)14-3-10-1-11(4-14)6-15(19,5-10)9-14/h2,7,10-11H,1,3-6,8-9H2. The molecule has 0 aliphatic heterocycles. The van der Waals surface area contributed by atoms with Gasteiger partial charge in [0.2, 0.25) is 0 Å². The summed E-state index contributed by atoms with van der Waals surface area (Å²) in [6.45, 7) is 0. The Bertz CT molecular complexity index is 507. The number of rotatable bonds is 1. The second kappa shape index (κ2) is 4.70. The molecule has 4 saturated carbocycles. The summed E-state index contributed by atoms with van der Waals surface area (Å²) in [4.78, 5) is 0. The van der Waals surface area contributed by atoms with Crippen LogP contribution in [0.25, 0.3) is 0 Å². The van der Waals surface area contributed by atoms with Crippen molar-refractivity contribution in [2.75, 3.05) is 0 Å². The van der Waals surface area contributed by atoms with Gasteiger partial charge in [0.05, 0.1) is 4.32 Å². The Balaban J connectivity index is 1.76. The molecule has 5 aliphatic rings. The molecule has 0 nitrogen and oxygen atoms in total. The topological polar surface area (TPSA) is 0 Å². The number of hydrogen-bond acceptors (Lipinski definition) is 0. The maximum absolute atomic E-state index is 4.19. The molecule has 0 N–H and O–H groups in total. The molecule has 4 fully saturated rings. The molecule has 110 valence electrons. The lowest BCUT2D eigenvalue weighted by atomic mass is 9.46. The quantitative estimate of drug-likeness (QED) is 0.327. The SMILES string of the molecule is BrC1=CC(Br)(C23CC4CC(CC(Br)(C4)C2)C3)CC(Br)=C1. The van der Waals surface area contributed by atoms with E-state index in [9.17, 15) is 0 Å². The molecule has 4 heteroatoms. The van der Waals surface area contributed by atoms with Crippen LogP contribution in [0.15, 0.2) is 21.1 Å². The highest BCUT2D eigenvalue weighted by Crippen LogP contribution is 2.70. The van der Waals surface area contributed by atoms with Crippen molar-refractivity contribution in [2.45, 2.75) is 53.6 Å². The van der Waals surface area contributed by atoms with Gasteiger partial charge in [0.1, 0.15) is 0 Å². The van der Waals surface area contributed by atoms with Crippen LogP contribution in [-0.2, 0) is 0 Å². The van der Waals surface area contributed by atoms with Crippen molar-refractivity contribution < 1.29 is 0 Å². The zero-order valence-electron chi connectivity index (χ0n) is 11.3. The molecule has 0 heterocycles. The third-order valence-corrected chi connectivity index (χ3v) is 9.20. The van der Waals surface area contributed by atoms with Crippen LogP contribution in [0.1, 0.15) is 44.9 Å². The van der Waals surface area contributed by atoms with Crippen LogP contribution in [-0.4, -0.2) is 8.65 Å². The highest BCUT2D eigenvalue weighted by molar-refractivity contribution is 9.12. The first kappa shape index (κ1) is 15.0. The predicted molar refractivity (Wildman–Crippen MR) is 99.1 cm³/mol. The lowest BCUT2D eigenvalue weighted by Crippen LogP contribution is -2.59. The highest BCUT2D eigenvalue weighted by atomic mass is 79.9. The summed E-state index contributed by atoms with van der Waals surface area (Å²) in [6.07, 6.45) is 14.1. The lowest BCUT2D eigenvalue weighted by molar-refractivity contribution is -0.0485. The Labute approximate surface area is 154 Å². The molecular weight excluding hydrogens is 512 g/mol. The van der Waals surface area contributed by atoms with Crippen LogP contribution >= 0.6 is 63.7 Å². The first-order valence-corrected chi connectivity index (χ1v) is 10.6. The van der Waals surface area contributed by atoms with Crippen molar-refractivity contribution >= 4 is 63.7 Å². The average molecular weight is 530 g/mol. The molecule has 0 amide bonds. The number of alkyl halides is 2. The van der Waals surface area contributed by atoms with Gasteiger partial charge in [-0.15, -0.1) is 0 Å². The molecule has 3 unspecified atom stereocenters. The van der Waals surface area contributed by atoms with Crippen LogP contribution in [0, 0.1) is 17.3 Å². The summed E-state index contributed by atoms with van der Waals surface area (Å²) in [6, 6.07) is 0. The van der Waals surface area contributed by atoms with Gasteiger partial charge in [0, 0.05) is 8.81 Å². The van der Waals surface area contributed by atoms with Gasteiger partial charge < -0.3 is 0 Å². The monoisotopic (exact) mass is 526 g/mol. The predicted octanol–water partition coefficient (Wildman–Crippen LogP) is 6.82. The van der Waals surface area contributed by atoms with Crippen molar-refractivity contribution in [3.05, 3.63) is 21.1 Å². The van der Waals surface area contributed by atoms with E-state index in [1.165, 1.54) is 47.5 Å². The number of halogens is 4. The molecule has 4 bridgehead atoms. The lowest BCUT2D eigenvalue weighted by Gasteiger charge is -2.65. The van der Waals surface area contributed by atoms with Crippen LogP contribution in [0.3, 0.4) is 0 Å². The molecule has 0 aromatic carbocycles. The van der Waals surface area contributed by atoms with E-state index < -0.39 is 0 Å². The molecule has 20 heavy (non-hydrogen) atoms. The first-order chi connectivity index (χ1) is 9.32. The third-order valence-electron chi connectivity index (χ3n) is 5.96. The molecule has 0 spiro atoms. The van der Waals surface area contributed by atoms with Crippen LogP contribution < -0.4 is 0 Å². The third kappa shape index (κ3) is 2.22. The van der Waals surface area contributed by atoms with Gasteiger partial charge in [0.25, 0.3) is 0 Å². The van der Waals surface area contributed by atoms with Crippen LogP contribution in [0.5, 0.6) is 0 Å². The van der Waals surface area contributed by atoms with E-state index in [-0.39, 0.29) is 4.32 Å². The normalized spacial score (nSPS) is 53.8. The van der Waals surface area contributed by atoms with Crippen LogP contribution in [0.4, 0.5) is 0 Å². The van der Waals surface area contributed by atoms with E-state index in [0.717, 1.165) is 18.3 Å². The van der Waals surface area contributed by atoms with Gasteiger partial charge in [-0.25, -0.2) is 0 Å². The van der Waals surface area contributed by atoms with Crippen molar-refractivity contribution in [1.29, 1.82) is 0 Å². The van der Waals surface area contributed by atoms with E-state index in [4.69, 9.17) is 0 Å². The maximum Gasteiger partial charge on any atom is 0.0552 e. The summed E-state index contributed by atoms with van der Waals surface area (Å²) in [7, 11) is 0. The second-order valence-electron chi connectivity index (χ2n) is 7.55. The van der Waals surface area contributed by atoms with Crippen molar-refractivity contribution in [1.82, 2.24) is 0 Å². The fourth-order valence-corrected chi connectivity index (χ4v) is 10.5. The molecule has 0 radical (unpaired) electrons. The van der Waals surface area contributed by atoms with Crippen molar-refractivity contribution in [2.24, 2.45) is 17.3 Å². The first-order valence-electron chi connectivity index (χ1n) is 7.44. The minimum absolute atomic E-state index is 0.114. The summed E-state index contributed by atoms with van der Waals surface area (Å²) in [5, 5.41) is 0. The zero-order chi connectivity index (χ0) is 14.2. The summed E-state index contributed by atoms with van der Waals surface area (Å²) < 4.78 is 3.06. The molecule has 5 rings (SSSR count). The smallest absolute Gasteiger partial charge is 0.0552 e. The fraction of sp³-hybridized carbons (Fsp3) is 0.750. The summed E-state index contributed by atoms with van der Waals surface area (Å²) >= 11 is 15.8. The van der Waals surface area contributed by atoms with E-state index in [0.29, 0.717) is 9.74 Å². The number of hydrogen-bond donors (Lipinski definition) is 0. The van der Waals surface area contributed by atoms with Crippen molar-refractivity contribution in [3.63, 3.8) is 0 Å². The second-order valence-corrected chi connectivity index (χ2v) is 12.6. The van der Waals surface area contributed by atoms with Gasteiger partial charge in [-0.05, 0) is 72.8 Å². The fourth-order valence-electron chi connectivity index (χ4n) is 5.74. The van der Waals surface area contributed by atoms with Gasteiger partial charge in [-0.1, -0.05) is 69.8 Å². The summed E-state index contributed by atoms with van der Waals surface area (Å²) in [5.41, 5.74) is 0.423. The van der Waals surface area contributed by atoms with Crippen molar-refractivity contribution in [3.8, 4) is 0 Å². The van der Waals surface area contributed by atoms with Gasteiger partial charge in [-0.3, -0.25) is 0 Å². The zero-order valence-corrected chi connectivity index (χ0v) is 17.6. The molecular formula is C16H18Br4. The Kier molecular flexibility index (Phi) is 3.52. The Hall–Kier alpha value is 1.40. The van der Waals surface area contributed by atoms with Gasteiger partial charge in [-0.2, -0.15) is 0 Å². The van der Waals surface area contributed by atoms with Gasteiger partial charge in [0.15, 0.2) is 0 Å². The minimum Gasteiger partial charge on any atom is -0.0853 e.